The number of halogens is 1. The molecule has 0 saturated carbocycles. The number of ether oxygens (including phenoxy) is 2. The van der Waals surface area contributed by atoms with Crippen LogP contribution in [0.4, 0.5) is 4.39 Å². The van der Waals surface area contributed by atoms with E-state index in [0.717, 1.165) is 19.6 Å². The third-order valence-corrected chi connectivity index (χ3v) is 3.57. The zero-order valence-electron chi connectivity index (χ0n) is 13.8. The van der Waals surface area contributed by atoms with Crippen LogP contribution < -0.4 is 10.1 Å². The molecule has 1 aromatic rings. The van der Waals surface area contributed by atoms with Crippen LogP contribution in [0.1, 0.15) is 13.8 Å². The van der Waals surface area contributed by atoms with Crippen molar-refractivity contribution in [3.05, 3.63) is 30.1 Å². The maximum atomic E-state index is 13.4. The predicted molar refractivity (Wildman–Crippen MR) is 85.9 cm³/mol. The van der Waals surface area contributed by atoms with E-state index in [0.29, 0.717) is 19.1 Å². The third-order valence-electron chi connectivity index (χ3n) is 3.57. The molecule has 0 aliphatic carbocycles. The van der Waals surface area contributed by atoms with Gasteiger partial charge in [0.2, 0.25) is 0 Å². The number of nitrogens with zero attached hydrogens (tertiary/aromatic N) is 1. The van der Waals surface area contributed by atoms with Gasteiger partial charge in [0, 0.05) is 26.2 Å². The predicted octanol–water partition coefficient (Wildman–Crippen LogP) is 1.68. The molecule has 0 bridgehead atoms. The number of rotatable bonds is 7. The maximum Gasteiger partial charge on any atom is 0.258 e. The van der Waals surface area contributed by atoms with Crippen molar-refractivity contribution in [2.24, 2.45) is 5.92 Å². The molecule has 1 unspecified atom stereocenters. The molecule has 0 aromatic heterocycles. The van der Waals surface area contributed by atoms with Crippen LogP contribution in [0.3, 0.4) is 0 Å². The highest BCUT2D eigenvalue weighted by Crippen LogP contribution is 2.14. The van der Waals surface area contributed by atoms with Crippen LogP contribution in [0.2, 0.25) is 0 Å². The second kappa shape index (κ2) is 8.84. The van der Waals surface area contributed by atoms with Crippen molar-refractivity contribution >= 4 is 5.91 Å². The van der Waals surface area contributed by atoms with Crippen LogP contribution in [-0.2, 0) is 9.53 Å². The Balaban J connectivity index is 1.69. The number of carbonyl (C=O) groups excluding carboxylic acids is 1. The van der Waals surface area contributed by atoms with Gasteiger partial charge in [-0.3, -0.25) is 9.69 Å². The van der Waals surface area contributed by atoms with Crippen LogP contribution >= 0.6 is 0 Å². The van der Waals surface area contributed by atoms with Crippen molar-refractivity contribution in [2.45, 2.75) is 20.0 Å². The Hall–Kier alpha value is -1.66. The van der Waals surface area contributed by atoms with E-state index in [2.05, 4.69) is 24.1 Å². The SMILES string of the molecule is CC(C)CN1CCOC(CNC(=O)COc2ccccc2F)C1. The number of hydrogen-bond donors (Lipinski definition) is 1. The number of para-hydroxylation sites is 1. The quantitative estimate of drug-likeness (QED) is 0.829. The summed E-state index contributed by atoms with van der Waals surface area (Å²) in [7, 11) is 0. The summed E-state index contributed by atoms with van der Waals surface area (Å²) in [6.45, 7) is 8.06. The van der Waals surface area contributed by atoms with Gasteiger partial charge in [-0.2, -0.15) is 0 Å². The summed E-state index contributed by atoms with van der Waals surface area (Å²) in [6, 6.07) is 6.03. The van der Waals surface area contributed by atoms with Gasteiger partial charge < -0.3 is 14.8 Å². The van der Waals surface area contributed by atoms with Crippen molar-refractivity contribution in [1.82, 2.24) is 10.2 Å². The molecule has 1 aliphatic rings. The van der Waals surface area contributed by atoms with Crippen LogP contribution in [0.15, 0.2) is 24.3 Å². The molecular weight excluding hydrogens is 299 g/mol. The number of morpholine rings is 1. The van der Waals surface area contributed by atoms with Crippen molar-refractivity contribution in [1.29, 1.82) is 0 Å². The minimum absolute atomic E-state index is 0.0140. The molecule has 0 radical (unpaired) electrons. The van der Waals surface area contributed by atoms with Gasteiger partial charge in [0.15, 0.2) is 18.2 Å². The van der Waals surface area contributed by atoms with Gasteiger partial charge in [0.1, 0.15) is 0 Å². The van der Waals surface area contributed by atoms with E-state index in [4.69, 9.17) is 9.47 Å². The average Bonchev–Trinajstić information content (AvgIpc) is 2.52. The zero-order valence-corrected chi connectivity index (χ0v) is 13.8. The van der Waals surface area contributed by atoms with Crippen LogP contribution in [0.5, 0.6) is 5.75 Å². The second-order valence-electron chi connectivity index (χ2n) is 6.17. The molecule has 5 nitrogen and oxygen atoms in total. The summed E-state index contributed by atoms with van der Waals surface area (Å²) in [4.78, 5) is 14.1. The van der Waals surface area contributed by atoms with E-state index in [1.165, 1.54) is 12.1 Å². The number of benzene rings is 1. The van der Waals surface area contributed by atoms with Crippen molar-refractivity contribution in [3.8, 4) is 5.75 Å². The largest absolute Gasteiger partial charge is 0.481 e. The highest BCUT2D eigenvalue weighted by Gasteiger charge is 2.21. The van der Waals surface area contributed by atoms with Crippen molar-refractivity contribution in [2.75, 3.05) is 39.4 Å². The van der Waals surface area contributed by atoms with E-state index in [1.54, 1.807) is 12.1 Å². The first-order valence-electron chi connectivity index (χ1n) is 8.02. The third kappa shape index (κ3) is 6.15. The first-order chi connectivity index (χ1) is 11.0. The molecule has 1 saturated heterocycles. The number of nitrogens with one attached hydrogen (secondary N) is 1. The average molecular weight is 324 g/mol. The first-order valence-corrected chi connectivity index (χ1v) is 8.02. The fourth-order valence-electron chi connectivity index (χ4n) is 2.57. The molecule has 1 aliphatic heterocycles. The summed E-state index contributed by atoms with van der Waals surface area (Å²) in [5.74, 6) is -0.0599. The Morgan fingerprint density at radius 3 is 3.00 bits per heavy atom. The lowest BCUT2D eigenvalue weighted by molar-refractivity contribution is -0.124. The van der Waals surface area contributed by atoms with E-state index in [1.807, 2.05) is 0 Å². The number of carbonyl (C=O) groups is 1. The fourth-order valence-corrected chi connectivity index (χ4v) is 2.57. The molecule has 0 spiro atoms. The Kier molecular flexibility index (Phi) is 6.80. The summed E-state index contributed by atoms with van der Waals surface area (Å²) < 4.78 is 24.2. The van der Waals surface area contributed by atoms with Crippen molar-refractivity contribution in [3.63, 3.8) is 0 Å². The Bertz CT molecular complexity index is 510. The van der Waals surface area contributed by atoms with Gasteiger partial charge in [-0.1, -0.05) is 26.0 Å². The zero-order chi connectivity index (χ0) is 16.7. The van der Waals surface area contributed by atoms with Gasteiger partial charge in [0.25, 0.3) is 5.91 Å². The van der Waals surface area contributed by atoms with E-state index < -0.39 is 5.82 Å². The molecule has 1 fully saturated rings. The second-order valence-corrected chi connectivity index (χ2v) is 6.17. The first kappa shape index (κ1) is 17.7. The lowest BCUT2D eigenvalue weighted by Crippen LogP contribution is -2.48. The van der Waals surface area contributed by atoms with Gasteiger partial charge >= 0.3 is 0 Å². The standard InChI is InChI=1S/C17H25FN2O3/c1-13(2)10-20-7-8-22-14(11-20)9-19-17(21)12-23-16-6-4-3-5-15(16)18/h3-6,13-14H,7-12H2,1-2H3,(H,19,21). The Labute approximate surface area is 136 Å². The Morgan fingerprint density at radius 1 is 1.48 bits per heavy atom. The highest BCUT2D eigenvalue weighted by molar-refractivity contribution is 5.77. The molecular formula is C17H25FN2O3. The minimum Gasteiger partial charge on any atom is -0.481 e. The van der Waals surface area contributed by atoms with E-state index in [9.17, 15) is 9.18 Å². The van der Waals surface area contributed by atoms with Crippen LogP contribution in [0, 0.1) is 11.7 Å². The molecule has 1 heterocycles. The number of amides is 1. The van der Waals surface area contributed by atoms with Crippen LogP contribution in [0.25, 0.3) is 0 Å². The lowest BCUT2D eigenvalue weighted by Gasteiger charge is -2.33. The fraction of sp³-hybridized carbons (Fsp3) is 0.588. The summed E-state index contributed by atoms with van der Waals surface area (Å²) in [6.07, 6.45) is -0.0140. The molecule has 1 N–H and O–H groups in total. The van der Waals surface area contributed by atoms with Crippen LogP contribution in [-0.4, -0.2) is 56.3 Å². The summed E-state index contributed by atoms with van der Waals surface area (Å²) in [5.41, 5.74) is 0. The van der Waals surface area contributed by atoms with Gasteiger partial charge in [0.05, 0.1) is 12.7 Å². The minimum atomic E-state index is -0.472. The monoisotopic (exact) mass is 324 g/mol. The molecule has 1 aromatic carbocycles. The topological polar surface area (TPSA) is 50.8 Å². The van der Waals surface area contributed by atoms with Crippen molar-refractivity contribution < 1.29 is 18.7 Å². The molecule has 6 heteroatoms. The Morgan fingerprint density at radius 2 is 2.26 bits per heavy atom. The van der Waals surface area contributed by atoms with Gasteiger partial charge in [-0.25, -0.2) is 4.39 Å². The highest BCUT2D eigenvalue weighted by atomic mass is 19.1. The molecule has 23 heavy (non-hydrogen) atoms. The maximum absolute atomic E-state index is 13.4. The van der Waals surface area contributed by atoms with Gasteiger partial charge in [-0.15, -0.1) is 0 Å². The lowest BCUT2D eigenvalue weighted by atomic mass is 10.2. The number of hydrogen-bond acceptors (Lipinski definition) is 4. The summed E-state index contributed by atoms with van der Waals surface area (Å²) >= 11 is 0. The van der Waals surface area contributed by atoms with E-state index >= 15 is 0 Å². The summed E-state index contributed by atoms with van der Waals surface area (Å²) in [5, 5.41) is 2.78. The van der Waals surface area contributed by atoms with E-state index in [-0.39, 0.29) is 24.4 Å². The molecule has 1 amide bonds. The van der Waals surface area contributed by atoms with Gasteiger partial charge in [-0.05, 0) is 18.1 Å². The molecule has 1 atom stereocenters. The normalized spacial score (nSPS) is 18.9. The molecule has 2 rings (SSSR count). The smallest absolute Gasteiger partial charge is 0.258 e. The molecule has 128 valence electrons.